The highest BCUT2D eigenvalue weighted by Crippen LogP contribution is 2.06. The summed E-state index contributed by atoms with van der Waals surface area (Å²) in [5.74, 6) is 0. The number of piperazine rings is 1. The number of nitrogens with zero attached hydrogens (tertiary/aromatic N) is 2. The molecule has 0 saturated carbocycles. The SMILES string of the molecule is CC(C)N1CCN(C(C)N)CC1. The Kier molecular flexibility index (Phi) is 3.50. The van der Waals surface area contributed by atoms with Crippen molar-refractivity contribution in [3.05, 3.63) is 0 Å². The highest BCUT2D eigenvalue weighted by molar-refractivity contribution is 4.75. The van der Waals surface area contributed by atoms with Gasteiger partial charge >= 0.3 is 0 Å². The van der Waals surface area contributed by atoms with Crippen molar-refractivity contribution in [2.24, 2.45) is 5.73 Å². The molecule has 1 atom stereocenters. The van der Waals surface area contributed by atoms with Crippen LogP contribution in [0.5, 0.6) is 0 Å². The van der Waals surface area contributed by atoms with Gasteiger partial charge in [0.15, 0.2) is 0 Å². The van der Waals surface area contributed by atoms with E-state index in [4.69, 9.17) is 5.73 Å². The standard InChI is InChI=1S/C9H21N3/c1-8(2)11-4-6-12(7-5-11)9(3)10/h8-9H,4-7,10H2,1-3H3. The van der Waals surface area contributed by atoms with E-state index in [0.29, 0.717) is 6.04 Å². The monoisotopic (exact) mass is 171 g/mol. The zero-order valence-electron chi connectivity index (χ0n) is 8.45. The first-order valence-electron chi connectivity index (χ1n) is 4.85. The molecule has 0 bridgehead atoms. The fourth-order valence-electron chi connectivity index (χ4n) is 1.66. The number of nitrogens with two attached hydrogens (primary N) is 1. The van der Waals surface area contributed by atoms with Gasteiger partial charge in [-0.15, -0.1) is 0 Å². The molecule has 1 saturated heterocycles. The van der Waals surface area contributed by atoms with E-state index < -0.39 is 0 Å². The number of hydrogen-bond acceptors (Lipinski definition) is 3. The number of rotatable bonds is 2. The fourth-order valence-corrected chi connectivity index (χ4v) is 1.66. The largest absolute Gasteiger partial charge is 0.316 e. The Morgan fingerprint density at radius 1 is 0.917 bits per heavy atom. The third kappa shape index (κ3) is 2.44. The summed E-state index contributed by atoms with van der Waals surface area (Å²) in [7, 11) is 0. The molecule has 2 N–H and O–H groups in total. The lowest BCUT2D eigenvalue weighted by Gasteiger charge is -2.38. The molecule has 0 aromatic rings. The van der Waals surface area contributed by atoms with E-state index >= 15 is 0 Å². The van der Waals surface area contributed by atoms with Crippen molar-refractivity contribution >= 4 is 0 Å². The van der Waals surface area contributed by atoms with Gasteiger partial charge in [-0.3, -0.25) is 9.80 Å². The van der Waals surface area contributed by atoms with E-state index in [0.717, 1.165) is 13.1 Å². The molecule has 1 rings (SSSR count). The van der Waals surface area contributed by atoms with Crippen molar-refractivity contribution in [3.63, 3.8) is 0 Å². The van der Waals surface area contributed by atoms with Gasteiger partial charge in [0.05, 0.1) is 6.17 Å². The Morgan fingerprint density at radius 2 is 1.33 bits per heavy atom. The zero-order valence-corrected chi connectivity index (χ0v) is 8.45. The Labute approximate surface area is 75.5 Å². The molecule has 1 heterocycles. The van der Waals surface area contributed by atoms with Gasteiger partial charge in [0.2, 0.25) is 0 Å². The zero-order chi connectivity index (χ0) is 9.14. The average Bonchev–Trinajstić information content (AvgIpc) is 2.04. The first-order chi connectivity index (χ1) is 5.61. The first kappa shape index (κ1) is 9.96. The molecular formula is C9H21N3. The molecule has 0 aromatic heterocycles. The van der Waals surface area contributed by atoms with Crippen LogP contribution in [-0.4, -0.2) is 48.2 Å². The van der Waals surface area contributed by atoms with Crippen LogP contribution in [0.1, 0.15) is 20.8 Å². The van der Waals surface area contributed by atoms with Gasteiger partial charge in [-0.2, -0.15) is 0 Å². The van der Waals surface area contributed by atoms with Crippen molar-refractivity contribution in [3.8, 4) is 0 Å². The molecule has 0 spiro atoms. The van der Waals surface area contributed by atoms with Gasteiger partial charge in [0.1, 0.15) is 0 Å². The maximum Gasteiger partial charge on any atom is 0.0543 e. The Balaban J connectivity index is 2.30. The van der Waals surface area contributed by atoms with E-state index in [1.165, 1.54) is 13.1 Å². The number of hydrogen-bond donors (Lipinski definition) is 1. The maximum absolute atomic E-state index is 5.80. The van der Waals surface area contributed by atoms with Gasteiger partial charge in [-0.25, -0.2) is 0 Å². The van der Waals surface area contributed by atoms with Gasteiger partial charge < -0.3 is 5.73 Å². The van der Waals surface area contributed by atoms with E-state index in [1.807, 2.05) is 0 Å². The van der Waals surface area contributed by atoms with E-state index in [9.17, 15) is 0 Å². The fraction of sp³-hybridized carbons (Fsp3) is 1.00. The van der Waals surface area contributed by atoms with Crippen LogP contribution in [0.2, 0.25) is 0 Å². The van der Waals surface area contributed by atoms with Gasteiger partial charge in [-0.1, -0.05) is 0 Å². The maximum atomic E-state index is 5.80. The van der Waals surface area contributed by atoms with Crippen LogP contribution in [0.4, 0.5) is 0 Å². The quantitative estimate of drug-likeness (QED) is 0.649. The molecule has 0 radical (unpaired) electrons. The van der Waals surface area contributed by atoms with E-state index in [1.54, 1.807) is 0 Å². The minimum absolute atomic E-state index is 0.222. The topological polar surface area (TPSA) is 32.5 Å². The highest BCUT2D eigenvalue weighted by Gasteiger charge is 2.19. The van der Waals surface area contributed by atoms with Gasteiger partial charge in [-0.05, 0) is 20.8 Å². The van der Waals surface area contributed by atoms with Crippen molar-refractivity contribution in [2.45, 2.75) is 33.0 Å². The third-order valence-corrected chi connectivity index (χ3v) is 2.66. The molecule has 0 aliphatic carbocycles. The molecule has 1 aliphatic heterocycles. The minimum Gasteiger partial charge on any atom is -0.316 e. The predicted molar refractivity (Wildman–Crippen MR) is 51.9 cm³/mol. The second kappa shape index (κ2) is 4.21. The lowest BCUT2D eigenvalue weighted by molar-refractivity contribution is 0.0853. The van der Waals surface area contributed by atoms with Crippen LogP contribution in [0.3, 0.4) is 0 Å². The van der Waals surface area contributed by atoms with Crippen molar-refractivity contribution in [2.75, 3.05) is 26.2 Å². The smallest absolute Gasteiger partial charge is 0.0543 e. The van der Waals surface area contributed by atoms with Crippen LogP contribution in [0.15, 0.2) is 0 Å². The molecule has 1 unspecified atom stereocenters. The van der Waals surface area contributed by atoms with Crippen LogP contribution in [0, 0.1) is 0 Å². The third-order valence-electron chi connectivity index (χ3n) is 2.66. The van der Waals surface area contributed by atoms with Crippen molar-refractivity contribution in [1.29, 1.82) is 0 Å². The molecular weight excluding hydrogens is 150 g/mol. The average molecular weight is 171 g/mol. The second-order valence-corrected chi connectivity index (χ2v) is 3.91. The summed E-state index contributed by atoms with van der Waals surface area (Å²) in [6, 6.07) is 0.681. The minimum atomic E-state index is 0.222. The molecule has 0 amide bonds. The molecule has 1 fully saturated rings. The van der Waals surface area contributed by atoms with Crippen molar-refractivity contribution in [1.82, 2.24) is 9.80 Å². The molecule has 1 aliphatic rings. The molecule has 3 heteroatoms. The summed E-state index contributed by atoms with van der Waals surface area (Å²) in [6.07, 6.45) is 0.222. The summed E-state index contributed by atoms with van der Waals surface area (Å²) in [5, 5.41) is 0. The summed E-state index contributed by atoms with van der Waals surface area (Å²) in [5.41, 5.74) is 5.80. The molecule has 72 valence electrons. The summed E-state index contributed by atoms with van der Waals surface area (Å²) in [6.45, 7) is 11.1. The van der Waals surface area contributed by atoms with Crippen LogP contribution < -0.4 is 5.73 Å². The summed E-state index contributed by atoms with van der Waals surface area (Å²) >= 11 is 0. The Bertz CT molecular complexity index is 110. The lowest BCUT2D eigenvalue weighted by Crippen LogP contribution is -2.53. The summed E-state index contributed by atoms with van der Waals surface area (Å²) < 4.78 is 0. The van der Waals surface area contributed by atoms with Gasteiger partial charge in [0, 0.05) is 32.2 Å². The predicted octanol–water partition coefficient (Wildman–Crippen LogP) is 0.317. The van der Waals surface area contributed by atoms with Crippen LogP contribution >= 0.6 is 0 Å². The van der Waals surface area contributed by atoms with Crippen LogP contribution in [0.25, 0.3) is 0 Å². The molecule has 0 aromatic carbocycles. The lowest BCUT2D eigenvalue weighted by atomic mass is 10.2. The van der Waals surface area contributed by atoms with Gasteiger partial charge in [0.25, 0.3) is 0 Å². The van der Waals surface area contributed by atoms with E-state index in [-0.39, 0.29) is 6.17 Å². The highest BCUT2D eigenvalue weighted by atomic mass is 15.3. The van der Waals surface area contributed by atoms with E-state index in [2.05, 4.69) is 30.6 Å². The van der Waals surface area contributed by atoms with Crippen molar-refractivity contribution < 1.29 is 0 Å². The summed E-state index contributed by atoms with van der Waals surface area (Å²) in [4.78, 5) is 4.83. The molecule has 3 nitrogen and oxygen atoms in total. The van der Waals surface area contributed by atoms with Crippen LogP contribution in [-0.2, 0) is 0 Å². The first-order valence-corrected chi connectivity index (χ1v) is 4.85. The Hall–Kier alpha value is -0.120. The molecule has 12 heavy (non-hydrogen) atoms. The second-order valence-electron chi connectivity index (χ2n) is 3.91. The normalized spacial score (nSPS) is 24.8. The Morgan fingerprint density at radius 3 is 1.67 bits per heavy atom.